The average molecular weight is 272 g/mol. The number of carbonyl (C=O) groups excluding carboxylic acids is 2. The number of rotatable bonds is 4. The van der Waals surface area contributed by atoms with Crippen LogP contribution in [0.1, 0.15) is 20.7 Å². The summed E-state index contributed by atoms with van der Waals surface area (Å²) in [7, 11) is 0. The van der Waals surface area contributed by atoms with Crippen molar-refractivity contribution >= 4 is 24.3 Å². The number of phenols is 1. The molecule has 0 aliphatic carbocycles. The molecule has 19 heavy (non-hydrogen) atoms. The number of hydrogen-bond donors (Lipinski definition) is 1. The predicted molar refractivity (Wildman–Crippen MR) is 76.1 cm³/mol. The van der Waals surface area contributed by atoms with E-state index in [0.29, 0.717) is 16.7 Å². The first-order chi connectivity index (χ1) is 9.19. The lowest BCUT2D eigenvalue weighted by atomic mass is 10.0. The largest absolute Gasteiger partial charge is 0.506 e. The minimum Gasteiger partial charge on any atom is -0.506 e. The van der Waals surface area contributed by atoms with Crippen LogP contribution in [-0.4, -0.2) is 23.9 Å². The highest BCUT2D eigenvalue weighted by atomic mass is 32.2. The van der Waals surface area contributed by atoms with Crippen molar-refractivity contribution in [3.05, 3.63) is 47.5 Å². The zero-order valence-electron chi connectivity index (χ0n) is 10.3. The number of benzene rings is 2. The Bertz CT molecular complexity index is 635. The summed E-state index contributed by atoms with van der Waals surface area (Å²) in [6.07, 6.45) is 3.23. The van der Waals surface area contributed by atoms with E-state index in [-0.39, 0.29) is 11.3 Å². The normalized spacial score (nSPS) is 10.2. The fraction of sp³-hybridized carbons (Fsp3) is 0.0667. The summed E-state index contributed by atoms with van der Waals surface area (Å²) in [6.45, 7) is 0. The summed E-state index contributed by atoms with van der Waals surface area (Å²) in [4.78, 5) is 22.4. The molecule has 2 aromatic carbocycles. The Morgan fingerprint density at radius 3 is 2.47 bits per heavy atom. The Balaban J connectivity index is 2.61. The maximum Gasteiger partial charge on any atom is 0.153 e. The third kappa shape index (κ3) is 2.69. The first-order valence-corrected chi connectivity index (χ1v) is 6.84. The van der Waals surface area contributed by atoms with Crippen molar-refractivity contribution in [2.24, 2.45) is 0 Å². The fourth-order valence-electron chi connectivity index (χ4n) is 1.83. The molecule has 0 heterocycles. The monoisotopic (exact) mass is 272 g/mol. The molecular weight excluding hydrogens is 260 g/mol. The van der Waals surface area contributed by atoms with Crippen LogP contribution in [0.15, 0.2) is 41.3 Å². The molecule has 2 rings (SSSR count). The lowest BCUT2D eigenvalue weighted by Crippen LogP contribution is -1.88. The summed E-state index contributed by atoms with van der Waals surface area (Å²) in [5.74, 6) is -0.00204. The van der Waals surface area contributed by atoms with Crippen molar-refractivity contribution in [2.45, 2.75) is 4.90 Å². The molecule has 0 spiro atoms. The van der Waals surface area contributed by atoms with Crippen molar-refractivity contribution in [1.82, 2.24) is 0 Å². The van der Waals surface area contributed by atoms with Gasteiger partial charge in [0, 0.05) is 5.56 Å². The summed E-state index contributed by atoms with van der Waals surface area (Å²) in [5.41, 5.74) is 2.46. The molecule has 0 fully saturated rings. The molecule has 2 aromatic rings. The minimum absolute atomic E-state index is 0.00204. The van der Waals surface area contributed by atoms with Gasteiger partial charge in [-0.2, -0.15) is 0 Å². The maximum absolute atomic E-state index is 11.0. The zero-order valence-corrected chi connectivity index (χ0v) is 11.1. The van der Waals surface area contributed by atoms with Crippen LogP contribution < -0.4 is 0 Å². The lowest BCUT2D eigenvalue weighted by molar-refractivity contribution is 0.111. The molecule has 0 bridgehead atoms. The Morgan fingerprint density at radius 1 is 1.05 bits per heavy atom. The molecule has 0 radical (unpaired) electrons. The molecule has 0 amide bonds. The van der Waals surface area contributed by atoms with Crippen LogP contribution in [0.4, 0.5) is 0 Å². The van der Waals surface area contributed by atoms with Crippen LogP contribution in [0.3, 0.4) is 0 Å². The number of aromatic hydroxyl groups is 1. The molecule has 0 unspecified atom stereocenters. The molecule has 0 aliphatic rings. The highest BCUT2D eigenvalue weighted by molar-refractivity contribution is 7.98. The Kier molecular flexibility index (Phi) is 4.02. The molecule has 0 saturated carbocycles. The van der Waals surface area contributed by atoms with Gasteiger partial charge in [-0.15, -0.1) is 11.8 Å². The van der Waals surface area contributed by atoms with Crippen LogP contribution in [0.5, 0.6) is 5.75 Å². The van der Waals surface area contributed by atoms with Crippen LogP contribution in [0.25, 0.3) is 11.1 Å². The molecule has 3 nitrogen and oxygen atoms in total. The van der Waals surface area contributed by atoms with Crippen molar-refractivity contribution < 1.29 is 14.7 Å². The second-order valence-electron chi connectivity index (χ2n) is 3.98. The van der Waals surface area contributed by atoms with Crippen molar-refractivity contribution in [3.63, 3.8) is 0 Å². The van der Waals surface area contributed by atoms with E-state index in [9.17, 15) is 14.7 Å². The third-order valence-electron chi connectivity index (χ3n) is 2.81. The van der Waals surface area contributed by atoms with E-state index in [1.807, 2.05) is 12.3 Å². The van der Waals surface area contributed by atoms with E-state index in [0.717, 1.165) is 17.4 Å². The number of aldehydes is 2. The Hall–Kier alpha value is -2.07. The number of carbonyl (C=O) groups is 2. The molecule has 1 N–H and O–H groups in total. The minimum atomic E-state index is -0.00204. The zero-order chi connectivity index (χ0) is 13.8. The fourth-order valence-corrected chi connectivity index (χ4v) is 2.39. The lowest BCUT2D eigenvalue weighted by Gasteiger charge is -2.09. The summed E-state index contributed by atoms with van der Waals surface area (Å²) in [6, 6.07) is 10.5. The van der Waals surface area contributed by atoms with Gasteiger partial charge in [0.15, 0.2) is 6.29 Å². The topological polar surface area (TPSA) is 54.4 Å². The van der Waals surface area contributed by atoms with Crippen LogP contribution >= 0.6 is 11.8 Å². The first-order valence-electron chi connectivity index (χ1n) is 5.61. The number of thioether (sulfide) groups is 1. The van der Waals surface area contributed by atoms with Crippen molar-refractivity contribution in [1.29, 1.82) is 0 Å². The van der Waals surface area contributed by atoms with Gasteiger partial charge in [-0.3, -0.25) is 9.59 Å². The van der Waals surface area contributed by atoms with E-state index < -0.39 is 0 Å². The van der Waals surface area contributed by atoms with Crippen LogP contribution in [0.2, 0.25) is 0 Å². The quantitative estimate of drug-likeness (QED) is 0.684. The van der Waals surface area contributed by atoms with Gasteiger partial charge < -0.3 is 5.11 Å². The average Bonchev–Trinajstić information content (AvgIpc) is 2.47. The summed E-state index contributed by atoms with van der Waals surface area (Å²) < 4.78 is 0. The van der Waals surface area contributed by atoms with Gasteiger partial charge in [0.05, 0.1) is 10.5 Å². The molecule has 0 aliphatic heterocycles. The molecule has 0 aromatic heterocycles. The summed E-state index contributed by atoms with van der Waals surface area (Å²) >= 11 is 1.37. The van der Waals surface area contributed by atoms with Gasteiger partial charge in [0.1, 0.15) is 12.0 Å². The van der Waals surface area contributed by atoms with Gasteiger partial charge in [-0.05, 0) is 35.6 Å². The van der Waals surface area contributed by atoms with Crippen molar-refractivity contribution in [2.75, 3.05) is 6.26 Å². The van der Waals surface area contributed by atoms with E-state index in [4.69, 9.17) is 0 Å². The smallest absolute Gasteiger partial charge is 0.153 e. The van der Waals surface area contributed by atoms with E-state index in [1.165, 1.54) is 11.8 Å². The SMILES string of the molecule is CSc1cc(-c2cccc(C=O)c2)cc(C=O)c1O. The highest BCUT2D eigenvalue weighted by Crippen LogP contribution is 2.34. The molecule has 4 heteroatoms. The summed E-state index contributed by atoms with van der Waals surface area (Å²) in [5, 5.41) is 9.85. The second-order valence-corrected chi connectivity index (χ2v) is 4.83. The number of hydrogen-bond acceptors (Lipinski definition) is 4. The Morgan fingerprint density at radius 2 is 1.84 bits per heavy atom. The second kappa shape index (κ2) is 5.71. The van der Waals surface area contributed by atoms with Gasteiger partial charge in [-0.25, -0.2) is 0 Å². The van der Waals surface area contributed by atoms with Crippen LogP contribution in [-0.2, 0) is 0 Å². The Labute approximate surface area is 115 Å². The van der Waals surface area contributed by atoms with Crippen LogP contribution in [0, 0.1) is 0 Å². The van der Waals surface area contributed by atoms with Crippen molar-refractivity contribution in [3.8, 4) is 16.9 Å². The predicted octanol–water partition coefficient (Wildman–Crippen LogP) is 3.41. The molecule has 0 atom stereocenters. The van der Waals surface area contributed by atoms with Gasteiger partial charge in [0.2, 0.25) is 0 Å². The van der Waals surface area contributed by atoms with E-state index >= 15 is 0 Å². The maximum atomic E-state index is 11.0. The molecule has 0 saturated heterocycles. The van der Waals surface area contributed by atoms with Gasteiger partial charge in [-0.1, -0.05) is 18.2 Å². The standard InChI is InChI=1S/C15H12O3S/c1-19-14-7-12(6-13(9-17)15(14)18)11-4-2-3-10(5-11)8-16/h2-9,18H,1H3. The molecule has 96 valence electrons. The molecular formula is C15H12O3S. The van der Waals surface area contributed by atoms with Gasteiger partial charge >= 0.3 is 0 Å². The number of phenolic OH excluding ortho intramolecular Hbond substituents is 1. The van der Waals surface area contributed by atoms with E-state index in [2.05, 4.69) is 0 Å². The van der Waals surface area contributed by atoms with E-state index in [1.54, 1.807) is 30.3 Å². The van der Waals surface area contributed by atoms with Gasteiger partial charge in [0.25, 0.3) is 0 Å². The first kappa shape index (κ1) is 13.4. The highest BCUT2D eigenvalue weighted by Gasteiger charge is 2.10. The third-order valence-corrected chi connectivity index (χ3v) is 3.56.